The first kappa shape index (κ1) is 11.7. The first-order chi connectivity index (χ1) is 8.16. The second-order valence-corrected chi connectivity index (χ2v) is 3.98. The highest BCUT2D eigenvalue weighted by atomic mass is 16.4. The Bertz CT molecular complexity index is 461. The summed E-state index contributed by atoms with van der Waals surface area (Å²) in [6.45, 7) is 6.48. The summed E-state index contributed by atoms with van der Waals surface area (Å²) in [4.78, 5) is 12.6. The van der Waals surface area contributed by atoms with E-state index in [0.29, 0.717) is 12.4 Å². The molecule has 1 N–H and O–H groups in total. The van der Waals surface area contributed by atoms with Gasteiger partial charge in [-0.05, 0) is 20.8 Å². The van der Waals surface area contributed by atoms with Gasteiger partial charge in [-0.25, -0.2) is 4.98 Å². The van der Waals surface area contributed by atoms with E-state index in [9.17, 15) is 0 Å². The smallest absolute Gasteiger partial charge is 0.208 e. The lowest BCUT2D eigenvalue weighted by Crippen LogP contribution is -2.19. The van der Waals surface area contributed by atoms with Crippen molar-refractivity contribution in [3.05, 3.63) is 41.6 Å². The predicted octanol–water partition coefficient (Wildman–Crippen LogP) is 1.93. The molecule has 0 aliphatic carbocycles. The molecule has 0 amide bonds. The SMILES string of the molecule is Cc1nc(CNC(C)c2cnccn2)oc1C. The van der Waals surface area contributed by atoms with Gasteiger partial charge in [0.15, 0.2) is 0 Å². The minimum absolute atomic E-state index is 0.121. The van der Waals surface area contributed by atoms with Crippen LogP contribution in [-0.2, 0) is 6.54 Å². The highest BCUT2D eigenvalue weighted by Crippen LogP contribution is 2.11. The molecule has 90 valence electrons. The number of nitrogens with zero attached hydrogens (tertiary/aromatic N) is 3. The van der Waals surface area contributed by atoms with Gasteiger partial charge in [-0.2, -0.15) is 0 Å². The summed E-state index contributed by atoms with van der Waals surface area (Å²) < 4.78 is 5.49. The van der Waals surface area contributed by atoms with Crippen molar-refractivity contribution in [3.8, 4) is 0 Å². The largest absolute Gasteiger partial charge is 0.444 e. The fraction of sp³-hybridized carbons (Fsp3) is 0.417. The number of hydrogen-bond donors (Lipinski definition) is 1. The Labute approximate surface area is 100 Å². The van der Waals surface area contributed by atoms with Gasteiger partial charge < -0.3 is 9.73 Å². The number of aromatic nitrogens is 3. The lowest BCUT2D eigenvalue weighted by Gasteiger charge is -2.10. The summed E-state index contributed by atoms with van der Waals surface area (Å²) in [5.41, 5.74) is 1.85. The second kappa shape index (κ2) is 5.05. The van der Waals surface area contributed by atoms with Crippen LogP contribution in [0.1, 0.15) is 36.0 Å². The van der Waals surface area contributed by atoms with Crippen LogP contribution >= 0.6 is 0 Å². The minimum atomic E-state index is 0.121. The van der Waals surface area contributed by atoms with Crippen molar-refractivity contribution in [2.75, 3.05) is 0 Å². The molecule has 2 aromatic rings. The number of oxazole rings is 1. The molecule has 5 nitrogen and oxygen atoms in total. The van der Waals surface area contributed by atoms with E-state index in [1.54, 1.807) is 18.6 Å². The summed E-state index contributed by atoms with van der Waals surface area (Å²) in [7, 11) is 0. The van der Waals surface area contributed by atoms with Crippen LogP contribution in [0.5, 0.6) is 0 Å². The summed E-state index contributed by atoms with van der Waals surface area (Å²) in [5.74, 6) is 1.57. The van der Waals surface area contributed by atoms with Gasteiger partial charge in [0.1, 0.15) is 5.76 Å². The third-order valence-electron chi connectivity index (χ3n) is 2.66. The number of hydrogen-bond acceptors (Lipinski definition) is 5. The van der Waals surface area contributed by atoms with Crippen molar-refractivity contribution in [1.82, 2.24) is 20.3 Å². The zero-order valence-corrected chi connectivity index (χ0v) is 10.3. The van der Waals surface area contributed by atoms with Crippen LogP contribution in [0.2, 0.25) is 0 Å². The van der Waals surface area contributed by atoms with Crippen LogP contribution in [0.3, 0.4) is 0 Å². The molecule has 0 aliphatic heterocycles. The van der Waals surface area contributed by atoms with Crippen LogP contribution in [0.4, 0.5) is 0 Å². The van der Waals surface area contributed by atoms with Crippen LogP contribution < -0.4 is 5.32 Å². The highest BCUT2D eigenvalue weighted by molar-refractivity contribution is 5.06. The van der Waals surface area contributed by atoms with E-state index in [1.165, 1.54) is 0 Å². The van der Waals surface area contributed by atoms with Crippen molar-refractivity contribution in [1.29, 1.82) is 0 Å². The fourth-order valence-corrected chi connectivity index (χ4v) is 1.49. The molecule has 0 aliphatic rings. The monoisotopic (exact) mass is 232 g/mol. The van der Waals surface area contributed by atoms with E-state index in [0.717, 1.165) is 17.1 Å². The molecule has 17 heavy (non-hydrogen) atoms. The van der Waals surface area contributed by atoms with E-state index in [4.69, 9.17) is 4.42 Å². The normalized spacial score (nSPS) is 12.6. The Morgan fingerprint density at radius 1 is 1.35 bits per heavy atom. The maximum atomic E-state index is 5.49. The van der Waals surface area contributed by atoms with E-state index in [1.807, 2.05) is 20.8 Å². The summed E-state index contributed by atoms with van der Waals surface area (Å²) in [6.07, 6.45) is 5.10. The van der Waals surface area contributed by atoms with Crippen LogP contribution in [-0.4, -0.2) is 15.0 Å². The van der Waals surface area contributed by atoms with Gasteiger partial charge in [-0.3, -0.25) is 9.97 Å². The van der Waals surface area contributed by atoms with Crippen molar-refractivity contribution in [2.45, 2.75) is 33.4 Å². The van der Waals surface area contributed by atoms with Gasteiger partial charge in [0.2, 0.25) is 5.89 Å². The molecule has 1 atom stereocenters. The standard InChI is InChI=1S/C12H16N4O/c1-8-10(3)17-12(16-8)7-15-9(2)11-6-13-4-5-14-11/h4-6,9,15H,7H2,1-3H3. The lowest BCUT2D eigenvalue weighted by atomic mass is 10.2. The lowest BCUT2D eigenvalue weighted by molar-refractivity contribution is 0.429. The fourth-order valence-electron chi connectivity index (χ4n) is 1.49. The molecular formula is C12H16N4O. The van der Waals surface area contributed by atoms with E-state index >= 15 is 0 Å². The molecule has 0 fully saturated rings. The molecule has 0 aromatic carbocycles. The van der Waals surface area contributed by atoms with Gasteiger partial charge >= 0.3 is 0 Å². The molecule has 2 heterocycles. The Morgan fingerprint density at radius 2 is 2.18 bits per heavy atom. The summed E-state index contributed by atoms with van der Waals surface area (Å²) in [6, 6.07) is 0.121. The minimum Gasteiger partial charge on any atom is -0.444 e. The van der Waals surface area contributed by atoms with Gasteiger partial charge in [0, 0.05) is 24.6 Å². The Morgan fingerprint density at radius 3 is 2.76 bits per heavy atom. The molecular weight excluding hydrogens is 216 g/mol. The number of nitrogens with one attached hydrogen (secondary N) is 1. The van der Waals surface area contributed by atoms with Crippen LogP contribution in [0.15, 0.2) is 23.0 Å². The molecule has 2 aromatic heterocycles. The van der Waals surface area contributed by atoms with Crippen molar-refractivity contribution < 1.29 is 4.42 Å². The average Bonchev–Trinajstić information content (AvgIpc) is 2.67. The average molecular weight is 232 g/mol. The van der Waals surface area contributed by atoms with E-state index in [-0.39, 0.29) is 6.04 Å². The second-order valence-electron chi connectivity index (χ2n) is 3.98. The topological polar surface area (TPSA) is 63.8 Å². The number of rotatable bonds is 4. The number of aryl methyl sites for hydroxylation is 2. The predicted molar refractivity (Wildman–Crippen MR) is 63.3 cm³/mol. The van der Waals surface area contributed by atoms with Gasteiger partial charge in [0.25, 0.3) is 0 Å². The third-order valence-corrected chi connectivity index (χ3v) is 2.66. The Hall–Kier alpha value is -1.75. The first-order valence-electron chi connectivity index (χ1n) is 5.59. The molecule has 5 heteroatoms. The third kappa shape index (κ3) is 2.88. The van der Waals surface area contributed by atoms with E-state index in [2.05, 4.69) is 20.3 Å². The highest BCUT2D eigenvalue weighted by Gasteiger charge is 2.09. The van der Waals surface area contributed by atoms with Crippen molar-refractivity contribution >= 4 is 0 Å². The maximum Gasteiger partial charge on any atom is 0.208 e. The zero-order valence-electron chi connectivity index (χ0n) is 10.3. The zero-order chi connectivity index (χ0) is 12.3. The van der Waals surface area contributed by atoms with Crippen molar-refractivity contribution in [2.24, 2.45) is 0 Å². The van der Waals surface area contributed by atoms with Gasteiger partial charge in [-0.1, -0.05) is 0 Å². The van der Waals surface area contributed by atoms with Gasteiger partial charge in [0.05, 0.1) is 17.9 Å². The maximum absolute atomic E-state index is 5.49. The van der Waals surface area contributed by atoms with E-state index < -0.39 is 0 Å². The molecule has 2 rings (SSSR count). The first-order valence-corrected chi connectivity index (χ1v) is 5.59. The molecule has 1 unspecified atom stereocenters. The Kier molecular flexibility index (Phi) is 3.49. The van der Waals surface area contributed by atoms with Crippen LogP contribution in [0, 0.1) is 13.8 Å². The molecule has 0 spiro atoms. The molecule has 0 saturated carbocycles. The molecule has 0 radical (unpaired) electrons. The Balaban J connectivity index is 1.94. The molecule has 0 saturated heterocycles. The quantitative estimate of drug-likeness (QED) is 0.872. The van der Waals surface area contributed by atoms with Gasteiger partial charge in [-0.15, -0.1) is 0 Å². The summed E-state index contributed by atoms with van der Waals surface area (Å²) in [5, 5.41) is 3.30. The molecule has 0 bridgehead atoms. The summed E-state index contributed by atoms with van der Waals surface area (Å²) >= 11 is 0. The van der Waals surface area contributed by atoms with Crippen LogP contribution in [0.25, 0.3) is 0 Å². The van der Waals surface area contributed by atoms with Crippen molar-refractivity contribution in [3.63, 3.8) is 0 Å².